The zero-order valence-electron chi connectivity index (χ0n) is 9.74. The Morgan fingerprint density at radius 2 is 2.11 bits per heavy atom. The number of amides is 2. The van der Waals surface area contributed by atoms with Crippen LogP contribution in [0, 0.1) is 0 Å². The number of imide groups is 1. The fourth-order valence-corrected chi connectivity index (χ4v) is 1.88. The topological polar surface area (TPSA) is 93.4 Å². The van der Waals surface area contributed by atoms with E-state index in [0.717, 1.165) is 0 Å². The molecule has 0 radical (unpaired) electrons. The van der Waals surface area contributed by atoms with Crippen LogP contribution in [0.25, 0.3) is 0 Å². The highest BCUT2D eigenvalue weighted by molar-refractivity contribution is 6.09. The van der Waals surface area contributed by atoms with E-state index in [2.05, 4.69) is 5.32 Å². The van der Waals surface area contributed by atoms with Crippen molar-refractivity contribution in [2.45, 2.75) is 26.2 Å². The summed E-state index contributed by atoms with van der Waals surface area (Å²) in [5.74, 6) is -1.04. The maximum absolute atomic E-state index is 11.7. The first-order chi connectivity index (χ1) is 8.47. The normalized spacial score (nSPS) is 14.1. The van der Waals surface area contributed by atoms with Crippen molar-refractivity contribution in [3.8, 4) is 0 Å². The number of ketones is 1. The van der Waals surface area contributed by atoms with Gasteiger partial charge in [-0.1, -0.05) is 0 Å². The lowest BCUT2D eigenvalue weighted by atomic mass is 9.98. The van der Waals surface area contributed by atoms with Crippen molar-refractivity contribution in [3.05, 3.63) is 33.4 Å². The van der Waals surface area contributed by atoms with Gasteiger partial charge in [0.25, 0.3) is 5.91 Å². The van der Waals surface area contributed by atoms with Gasteiger partial charge in [-0.15, -0.1) is 0 Å². The second-order valence-electron chi connectivity index (χ2n) is 4.14. The number of hydrogen-bond donors (Lipinski definition) is 1. The molecule has 0 saturated carbocycles. The summed E-state index contributed by atoms with van der Waals surface area (Å²) in [6.07, 6.45) is 0.381. The molecular formula is C12H11NO5. The van der Waals surface area contributed by atoms with Crippen LogP contribution >= 0.6 is 0 Å². The van der Waals surface area contributed by atoms with E-state index in [1.54, 1.807) is 0 Å². The Labute approximate surface area is 102 Å². The van der Waals surface area contributed by atoms with Gasteiger partial charge in [0, 0.05) is 12.5 Å². The van der Waals surface area contributed by atoms with Gasteiger partial charge >= 0.3 is 5.63 Å². The summed E-state index contributed by atoms with van der Waals surface area (Å²) in [4.78, 5) is 45.1. The zero-order chi connectivity index (χ0) is 13.3. The quantitative estimate of drug-likeness (QED) is 0.759. The predicted molar refractivity (Wildman–Crippen MR) is 60.2 cm³/mol. The number of rotatable bonds is 3. The van der Waals surface area contributed by atoms with Crippen LogP contribution in [0.5, 0.6) is 0 Å². The summed E-state index contributed by atoms with van der Waals surface area (Å²) in [6.45, 7) is 1.43. The van der Waals surface area contributed by atoms with Crippen molar-refractivity contribution in [2.24, 2.45) is 0 Å². The third-order valence-corrected chi connectivity index (χ3v) is 2.66. The number of aryl methyl sites for hydroxylation is 1. The molecule has 1 aromatic heterocycles. The summed E-state index contributed by atoms with van der Waals surface area (Å²) in [5, 5.41) is 2.16. The number of Topliss-reactive ketones (excluding diaryl/α,β-unsaturated/α-hetero) is 1. The lowest BCUT2D eigenvalue weighted by Crippen LogP contribution is -2.38. The van der Waals surface area contributed by atoms with Crippen LogP contribution in [0.2, 0.25) is 0 Å². The van der Waals surface area contributed by atoms with E-state index < -0.39 is 17.4 Å². The molecule has 0 bridgehead atoms. The van der Waals surface area contributed by atoms with Crippen molar-refractivity contribution in [2.75, 3.05) is 0 Å². The SMILES string of the molecule is CC(=O)CCc1cc(=O)oc2c1C(=O)NC(=O)C2. The molecule has 1 aliphatic rings. The fourth-order valence-electron chi connectivity index (χ4n) is 1.88. The minimum Gasteiger partial charge on any atom is -0.426 e. The molecule has 2 heterocycles. The summed E-state index contributed by atoms with van der Waals surface area (Å²) in [5.41, 5.74) is 0.0340. The van der Waals surface area contributed by atoms with Gasteiger partial charge in [-0.25, -0.2) is 4.79 Å². The molecule has 0 saturated heterocycles. The maximum Gasteiger partial charge on any atom is 0.336 e. The largest absolute Gasteiger partial charge is 0.426 e. The third kappa shape index (κ3) is 2.37. The molecule has 94 valence electrons. The number of hydrogen-bond acceptors (Lipinski definition) is 5. The van der Waals surface area contributed by atoms with Gasteiger partial charge in [0.05, 0.1) is 12.0 Å². The molecule has 0 fully saturated rings. The van der Waals surface area contributed by atoms with Crippen LogP contribution in [-0.2, 0) is 22.4 Å². The Morgan fingerprint density at radius 3 is 2.78 bits per heavy atom. The van der Waals surface area contributed by atoms with Crippen LogP contribution < -0.4 is 10.9 Å². The van der Waals surface area contributed by atoms with Crippen LogP contribution in [0.3, 0.4) is 0 Å². The van der Waals surface area contributed by atoms with Gasteiger partial charge < -0.3 is 9.21 Å². The molecule has 0 aromatic carbocycles. The van der Waals surface area contributed by atoms with Crippen molar-refractivity contribution in [1.82, 2.24) is 5.32 Å². The first kappa shape index (κ1) is 12.2. The molecule has 1 aromatic rings. The Hall–Kier alpha value is -2.24. The van der Waals surface area contributed by atoms with Crippen molar-refractivity contribution >= 4 is 17.6 Å². The predicted octanol–water partition coefficient (Wildman–Crippen LogP) is -0.0261. The van der Waals surface area contributed by atoms with E-state index in [4.69, 9.17) is 4.42 Å². The smallest absolute Gasteiger partial charge is 0.336 e. The third-order valence-electron chi connectivity index (χ3n) is 2.66. The highest BCUT2D eigenvalue weighted by atomic mass is 16.4. The number of nitrogens with one attached hydrogen (secondary N) is 1. The highest BCUT2D eigenvalue weighted by Gasteiger charge is 2.27. The minimum absolute atomic E-state index is 0.0377. The second-order valence-corrected chi connectivity index (χ2v) is 4.14. The van der Waals surface area contributed by atoms with Crippen molar-refractivity contribution < 1.29 is 18.8 Å². The van der Waals surface area contributed by atoms with Crippen molar-refractivity contribution in [1.29, 1.82) is 0 Å². The van der Waals surface area contributed by atoms with Gasteiger partial charge in [-0.05, 0) is 18.9 Å². The van der Waals surface area contributed by atoms with Crippen LogP contribution in [-0.4, -0.2) is 17.6 Å². The molecule has 0 spiro atoms. The molecule has 1 N–H and O–H groups in total. The lowest BCUT2D eigenvalue weighted by molar-refractivity contribution is -0.120. The molecule has 6 nitrogen and oxygen atoms in total. The molecule has 18 heavy (non-hydrogen) atoms. The van der Waals surface area contributed by atoms with Gasteiger partial charge in [0.15, 0.2) is 0 Å². The fraction of sp³-hybridized carbons (Fsp3) is 0.333. The summed E-state index contributed by atoms with van der Waals surface area (Å²) in [6, 6.07) is 1.19. The maximum atomic E-state index is 11.7. The Balaban J connectivity index is 2.47. The van der Waals surface area contributed by atoms with Crippen LogP contribution in [0.1, 0.15) is 35.0 Å². The minimum atomic E-state index is -0.616. The van der Waals surface area contributed by atoms with Crippen molar-refractivity contribution in [3.63, 3.8) is 0 Å². The van der Waals surface area contributed by atoms with E-state index in [9.17, 15) is 19.2 Å². The molecule has 6 heteroatoms. The summed E-state index contributed by atoms with van der Waals surface area (Å²) in [7, 11) is 0. The zero-order valence-corrected chi connectivity index (χ0v) is 9.74. The molecule has 2 rings (SSSR count). The lowest BCUT2D eigenvalue weighted by Gasteiger charge is -2.16. The molecule has 2 amide bonds. The van der Waals surface area contributed by atoms with E-state index in [-0.39, 0.29) is 36.4 Å². The first-order valence-corrected chi connectivity index (χ1v) is 5.47. The highest BCUT2D eigenvalue weighted by Crippen LogP contribution is 2.18. The van der Waals surface area contributed by atoms with E-state index >= 15 is 0 Å². The van der Waals surface area contributed by atoms with Gasteiger partial charge in [0.1, 0.15) is 11.5 Å². The second kappa shape index (κ2) is 4.56. The number of carbonyl (C=O) groups is 3. The van der Waals surface area contributed by atoms with Crippen LogP contribution in [0.15, 0.2) is 15.3 Å². The Kier molecular flexibility index (Phi) is 3.10. The average molecular weight is 249 g/mol. The van der Waals surface area contributed by atoms with E-state index in [1.807, 2.05) is 0 Å². The van der Waals surface area contributed by atoms with E-state index in [1.165, 1.54) is 13.0 Å². The number of carbonyl (C=O) groups excluding carboxylic acids is 3. The molecule has 1 aliphatic heterocycles. The summed E-state index contributed by atoms with van der Waals surface area (Å²) >= 11 is 0. The van der Waals surface area contributed by atoms with Gasteiger partial charge in [-0.2, -0.15) is 0 Å². The summed E-state index contributed by atoms with van der Waals surface area (Å²) < 4.78 is 4.87. The molecule has 0 unspecified atom stereocenters. The van der Waals surface area contributed by atoms with E-state index in [0.29, 0.717) is 5.56 Å². The first-order valence-electron chi connectivity index (χ1n) is 5.47. The van der Waals surface area contributed by atoms with Crippen LogP contribution in [0.4, 0.5) is 0 Å². The molecular weight excluding hydrogens is 238 g/mol. The van der Waals surface area contributed by atoms with Gasteiger partial charge in [0.2, 0.25) is 5.91 Å². The molecule has 0 aliphatic carbocycles. The Morgan fingerprint density at radius 1 is 1.39 bits per heavy atom. The van der Waals surface area contributed by atoms with Gasteiger partial charge in [-0.3, -0.25) is 14.9 Å². The molecule has 0 atom stereocenters. The number of fused-ring (bicyclic) bond motifs is 1. The standard InChI is InChI=1S/C12H11NO5/c1-6(14)2-3-7-4-10(16)18-8-5-9(15)13-12(17)11(7)8/h4H,2-3,5H2,1H3,(H,13,15,17). The Bertz CT molecular complexity index is 599. The average Bonchev–Trinajstić information content (AvgIpc) is 2.24. The monoisotopic (exact) mass is 249 g/mol.